The van der Waals surface area contributed by atoms with E-state index < -0.39 is 0 Å². The Hall–Kier alpha value is 0. The van der Waals surface area contributed by atoms with Gasteiger partial charge in [-0.05, 0) is 65.6 Å². The van der Waals surface area contributed by atoms with Gasteiger partial charge in [0.1, 0.15) is 0 Å². The summed E-state index contributed by atoms with van der Waals surface area (Å²) in [5.41, 5.74) is 1.87. The molecular formula is C23H44. The van der Waals surface area contributed by atoms with E-state index in [1.807, 2.05) is 0 Å². The van der Waals surface area contributed by atoms with Crippen molar-refractivity contribution >= 4 is 0 Å². The first kappa shape index (κ1) is 19.3. The first-order valence-corrected chi connectivity index (χ1v) is 10.6. The van der Waals surface area contributed by atoms with Crippen molar-refractivity contribution in [1.29, 1.82) is 0 Å². The monoisotopic (exact) mass is 320 g/mol. The molecular weight excluding hydrogens is 276 g/mol. The molecule has 0 N–H and O–H groups in total. The molecule has 0 nitrogen and oxygen atoms in total. The second kappa shape index (κ2) is 6.72. The third-order valence-corrected chi connectivity index (χ3v) is 9.02. The lowest BCUT2D eigenvalue weighted by Gasteiger charge is -2.45. The van der Waals surface area contributed by atoms with Gasteiger partial charge < -0.3 is 0 Å². The molecule has 0 bridgehead atoms. The van der Waals surface area contributed by atoms with Crippen LogP contribution in [0.3, 0.4) is 0 Å². The van der Waals surface area contributed by atoms with Crippen LogP contribution in [0.1, 0.15) is 107 Å². The van der Waals surface area contributed by atoms with Crippen LogP contribution in [0.4, 0.5) is 0 Å². The molecule has 0 saturated heterocycles. The van der Waals surface area contributed by atoms with Crippen LogP contribution in [0.2, 0.25) is 0 Å². The van der Waals surface area contributed by atoms with E-state index in [1.165, 1.54) is 51.4 Å². The van der Waals surface area contributed by atoms with E-state index in [0.29, 0.717) is 16.2 Å². The van der Waals surface area contributed by atoms with Gasteiger partial charge in [-0.2, -0.15) is 0 Å². The minimum Gasteiger partial charge on any atom is -0.0654 e. The Kier molecular flexibility index (Phi) is 5.65. The van der Waals surface area contributed by atoms with Crippen LogP contribution in [0.15, 0.2) is 0 Å². The Morgan fingerprint density at radius 3 is 2.35 bits per heavy atom. The standard InChI is InChI=1S/C23H44/c1-9-12-18(4)21(6,10-2)13-11-14-22(7)15-17(3)19(5)23(8)16-20(22)23/h17-20H,9-16H2,1-8H3. The molecule has 0 spiro atoms. The average Bonchev–Trinajstić information content (AvgIpc) is 3.20. The molecule has 0 heteroatoms. The second-order valence-electron chi connectivity index (χ2n) is 10.4. The summed E-state index contributed by atoms with van der Waals surface area (Å²) in [6.07, 6.45) is 11.4. The highest BCUT2D eigenvalue weighted by molar-refractivity contribution is 5.13. The van der Waals surface area contributed by atoms with Crippen molar-refractivity contribution in [2.45, 2.75) is 107 Å². The predicted octanol–water partition coefficient (Wildman–Crippen LogP) is 7.72. The van der Waals surface area contributed by atoms with Gasteiger partial charge >= 0.3 is 0 Å². The van der Waals surface area contributed by atoms with Gasteiger partial charge in [0.2, 0.25) is 0 Å². The average molecular weight is 321 g/mol. The molecule has 2 aliphatic carbocycles. The van der Waals surface area contributed by atoms with Crippen LogP contribution < -0.4 is 0 Å². The molecule has 2 aliphatic rings. The largest absolute Gasteiger partial charge is 0.0654 e. The second-order valence-corrected chi connectivity index (χ2v) is 10.4. The summed E-state index contributed by atoms with van der Waals surface area (Å²) < 4.78 is 0. The fourth-order valence-electron chi connectivity index (χ4n) is 6.36. The summed E-state index contributed by atoms with van der Waals surface area (Å²) in [6.45, 7) is 20.1. The van der Waals surface area contributed by atoms with Crippen LogP contribution in [0.5, 0.6) is 0 Å². The first-order chi connectivity index (χ1) is 10.6. The van der Waals surface area contributed by atoms with Crippen molar-refractivity contribution in [2.24, 2.45) is 39.9 Å². The van der Waals surface area contributed by atoms with E-state index in [-0.39, 0.29) is 0 Å². The Morgan fingerprint density at radius 1 is 1.13 bits per heavy atom. The molecule has 2 rings (SSSR count). The summed E-state index contributed by atoms with van der Waals surface area (Å²) in [6, 6.07) is 0. The Balaban J connectivity index is 1.93. The number of hydrogen-bond acceptors (Lipinski definition) is 0. The highest BCUT2D eigenvalue weighted by Crippen LogP contribution is 2.72. The molecule has 7 unspecified atom stereocenters. The Morgan fingerprint density at radius 2 is 1.78 bits per heavy atom. The zero-order chi connectivity index (χ0) is 17.5. The summed E-state index contributed by atoms with van der Waals surface area (Å²) in [7, 11) is 0. The summed E-state index contributed by atoms with van der Waals surface area (Å²) in [5, 5.41) is 0. The molecule has 0 heterocycles. The van der Waals surface area contributed by atoms with Gasteiger partial charge in [-0.1, -0.05) is 81.1 Å². The fraction of sp³-hybridized carbons (Fsp3) is 1.00. The summed E-state index contributed by atoms with van der Waals surface area (Å²) in [5.74, 6) is 3.75. The van der Waals surface area contributed by atoms with E-state index in [2.05, 4.69) is 55.4 Å². The molecule has 0 aromatic rings. The van der Waals surface area contributed by atoms with Gasteiger partial charge in [0.25, 0.3) is 0 Å². The maximum Gasteiger partial charge on any atom is -0.0261 e. The molecule has 2 saturated carbocycles. The molecule has 0 aliphatic heterocycles. The van der Waals surface area contributed by atoms with Crippen molar-refractivity contribution in [3.63, 3.8) is 0 Å². The minimum absolute atomic E-state index is 0.562. The van der Waals surface area contributed by atoms with E-state index in [4.69, 9.17) is 0 Å². The minimum atomic E-state index is 0.562. The molecule has 0 aromatic carbocycles. The zero-order valence-electron chi connectivity index (χ0n) is 17.5. The van der Waals surface area contributed by atoms with Crippen molar-refractivity contribution < 1.29 is 0 Å². The lowest BCUT2D eigenvalue weighted by Crippen LogP contribution is -2.36. The molecule has 7 atom stereocenters. The van der Waals surface area contributed by atoms with Gasteiger partial charge in [-0.15, -0.1) is 0 Å². The lowest BCUT2D eigenvalue weighted by molar-refractivity contribution is 0.0476. The SMILES string of the molecule is CCCC(C)C(C)(CC)CCCC1(C)CC(C)C(C)C2(C)CC12. The number of fused-ring (bicyclic) bond motifs is 1. The predicted molar refractivity (Wildman–Crippen MR) is 104 cm³/mol. The third kappa shape index (κ3) is 3.52. The van der Waals surface area contributed by atoms with Crippen LogP contribution in [-0.2, 0) is 0 Å². The van der Waals surface area contributed by atoms with Gasteiger partial charge in [0.05, 0.1) is 0 Å². The van der Waals surface area contributed by atoms with Gasteiger partial charge in [0.15, 0.2) is 0 Å². The van der Waals surface area contributed by atoms with Gasteiger partial charge in [-0.25, -0.2) is 0 Å². The van der Waals surface area contributed by atoms with Gasteiger partial charge in [0, 0.05) is 0 Å². The van der Waals surface area contributed by atoms with Crippen LogP contribution in [0, 0.1) is 39.9 Å². The third-order valence-electron chi connectivity index (χ3n) is 9.02. The van der Waals surface area contributed by atoms with Gasteiger partial charge in [-0.3, -0.25) is 0 Å². The Bertz CT molecular complexity index is 399. The normalized spacial score (nSPS) is 43.6. The van der Waals surface area contributed by atoms with E-state index in [9.17, 15) is 0 Å². The van der Waals surface area contributed by atoms with Crippen molar-refractivity contribution in [3.8, 4) is 0 Å². The molecule has 0 radical (unpaired) electrons. The molecule has 0 amide bonds. The van der Waals surface area contributed by atoms with E-state index in [1.54, 1.807) is 0 Å². The van der Waals surface area contributed by atoms with E-state index >= 15 is 0 Å². The smallest absolute Gasteiger partial charge is 0.0261 e. The Labute approximate surface area is 147 Å². The number of rotatable bonds is 8. The first-order valence-electron chi connectivity index (χ1n) is 10.6. The molecule has 136 valence electrons. The summed E-state index contributed by atoms with van der Waals surface area (Å²) >= 11 is 0. The van der Waals surface area contributed by atoms with Crippen molar-refractivity contribution in [3.05, 3.63) is 0 Å². The van der Waals surface area contributed by atoms with Crippen molar-refractivity contribution in [2.75, 3.05) is 0 Å². The van der Waals surface area contributed by atoms with Crippen LogP contribution in [0.25, 0.3) is 0 Å². The topological polar surface area (TPSA) is 0 Å². The van der Waals surface area contributed by atoms with E-state index in [0.717, 1.165) is 23.7 Å². The molecule has 2 fully saturated rings. The fourth-order valence-corrected chi connectivity index (χ4v) is 6.36. The van der Waals surface area contributed by atoms with Crippen molar-refractivity contribution in [1.82, 2.24) is 0 Å². The lowest BCUT2D eigenvalue weighted by atomic mass is 9.60. The highest BCUT2D eigenvalue weighted by Gasteiger charge is 2.64. The molecule has 23 heavy (non-hydrogen) atoms. The molecule has 0 aromatic heterocycles. The van der Waals surface area contributed by atoms with Crippen LogP contribution in [-0.4, -0.2) is 0 Å². The quantitative estimate of drug-likeness (QED) is 0.429. The maximum atomic E-state index is 2.63. The summed E-state index contributed by atoms with van der Waals surface area (Å²) in [4.78, 5) is 0. The zero-order valence-corrected chi connectivity index (χ0v) is 17.5. The maximum absolute atomic E-state index is 2.63. The number of hydrogen-bond donors (Lipinski definition) is 0. The van der Waals surface area contributed by atoms with Crippen LogP contribution >= 0.6 is 0 Å². The highest BCUT2D eigenvalue weighted by atomic mass is 14.7.